The van der Waals surface area contributed by atoms with Crippen molar-refractivity contribution >= 4 is 5.97 Å². The zero-order valence-electron chi connectivity index (χ0n) is 12.2. The van der Waals surface area contributed by atoms with E-state index in [0.29, 0.717) is 5.92 Å². The summed E-state index contributed by atoms with van der Waals surface area (Å²) in [6.45, 7) is 13.6. The molecule has 0 aromatic heterocycles. The molecule has 0 aromatic rings. The minimum atomic E-state index is -0.833. The lowest BCUT2D eigenvalue weighted by Gasteiger charge is -2.32. The van der Waals surface area contributed by atoms with Gasteiger partial charge in [0, 0.05) is 6.92 Å². The van der Waals surface area contributed by atoms with Crippen LogP contribution in [0.5, 0.6) is 0 Å². The van der Waals surface area contributed by atoms with E-state index in [1.54, 1.807) is 0 Å². The Morgan fingerprint density at radius 3 is 1.82 bits per heavy atom. The van der Waals surface area contributed by atoms with Crippen LogP contribution in [0.1, 0.15) is 54.9 Å². The van der Waals surface area contributed by atoms with Gasteiger partial charge in [-0.25, -0.2) is 0 Å². The van der Waals surface area contributed by atoms with Crippen molar-refractivity contribution in [3.05, 3.63) is 11.6 Å². The van der Waals surface area contributed by atoms with Crippen LogP contribution in [0.15, 0.2) is 11.6 Å². The van der Waals surface area contributed by atoms with Gasteiger partial charge in [0.1, 0.15) is 0 Å². The van der Waals surface area contributed by atoms with Gasteiger partial charge in [-0.3, -0.25) is 4.79 Å². The maximum Gasteiger partial charge on any atom is 0.300 e. The van der Waals surface area contributed by atoms with Gasteiger partial charge in [-0.2, -0.15) is 0 Å². The van der Waals surface area contributed by atoms with E-state index in [1.165, 1.54) is 5.57 Å². The normalized spacial score (nSPS) is 12.5. The molecule has 0 spiro atoms. The zero-order valence-corrected chi connectivity index (χ0v) is 12.2. The maximum atomic E-state index is 9.94. The molecule has 0 amide bonds. The first-order valence-electron chi connectivity index (χ1n) is 6.01. The molecule has 2 N–H and O–H groups in total. The fourth-order valence-corrected chi connectivity index (χ4v) is 1.49. The average molecular weight is 244 g/mol. The number of aliphatic carboxylic acids is 1. The highest BCUT2D eigenvalue weighted by Gasteiger charge is 2.28. The third-order valence-electron chi connectivity index (χ3n) is 2.47. The van der Waals surface area contributed by atoms with Crippen molar-refractivity contribution in [2.45, 2.75) is 61.0 Å². The summed E-state index contributed by atoms with van der Waals surface area (Å²) in [5, 5.41) is 17.4. The maximum absolute atomic E-state index is 9.94. The molecule has 1 unspecified atom stereocenters. The van der Waals surface area contributed by atoms with Gasteiger partial charge in [-0.05, 0) is 31.6 Å². The fraction of sp³-hybridized carbons (Fsp3) is 0.786. The molecule has 0 fully saturated rings. The largest absolute Gasteiger partial charge is 0.481 e. The summed E-state index contributed by atoms with van der Waals surface area (Å²) in [4.78, 5) is 9.00. The molecule has 0 rings (SSSR count). The second-order valence-corrected chi connectivity index (χ2v) is 5.68. The van der Waals surface area contributed by atoms with Crippen LogP contribution in [0.4, 0.5) is 0 Å². The zero-order chi connectivity index (χ0) is 14.2. The van der Waals surface area contributed by atoms with E-state index in [9.17, 15) is 5.11 Å². The van der Waals surface area contributed by atoms with E-state index in [0.717, 1.165) is 13.3 Å². The molecule has 1 atom stereocenters. The minimum Gasteiger partial charge on any atom is -0.481 e. The van der Waals surface area contributed by atoms with Crippen LogP contribution in [0.2, 0.25) is 0 Å². The fourth-order valence-electron chi connectivity index (χ4n) is 1.49. The van der Waals surface area contributed by atoms with E-state index in [2.05, 4.69) is 47.6 Å². The van der Waals surface area contributed by atoms with Crippen LogP contribution < -0.4 is 0 Å². The molecule has 0 aliphatic heterocycles. The van der Waals surface area contributed by atoms with Crippen molar-refractivity contribution in [3.8, 4) is 0 Å². The minimum absolute atomic E-state index is 0.00850. The molecule has 0 saturated heterocycles. The van der Waals surface area contributed by atoms with Crippen molar-refractivity contribution in [1.82, 2.24) is 0 Å². The summed E-state index contributed by atoms with van der Waals surface area (Å²) in [5.74, 6) is -0.499. The second-order valence-electron chi connectivity index (χ2n) is 5.68. The van der Waals surface area contributed by atoms with Gasteiger partial charge in [-0.1, -0.05) is 39.3 Å². The van der Waals surface area contributed by atoms with Crippen molar-refractivity contribution in [2.75, 3.05) is 0 Å². The molecule has 0 bridgehead atoms. The molecule has 0 aromatic carbocycles. The van der Waals surface area contributed by atoms with Gasteiger partial charge in [0.15, 0.2) is 0 Å². The standard InChI is InChI=1S/C12H24O.C2H4O2/c1-9(2)7-8-12(5,6)11(13)10(3)4;1-2(3)4/h7,10-11,13H,8H2,1-6H3;1H3,(H,3,4). The van der Waals surface area contributed by atoms with Gasteiger partial charge in [-0.15, -0.1) is 0 Å². The molecule has 0 aliphatic rings. The van der Waals surface area contributed by atoms with E-state index in [1.807, 2.05) is 0 Å². The highest BCUT2D eigenvalue weighted by atomic mass is 16.4. The molecule has 0 saturated carbocycles. The van der Waals surface area contributed by atoms with Crippen molar-refractivity contribution in [3.63, 3.8) is 0 Å². The van der Waals surface area contributed by atoms with Crippen molar-refractivity contribution in [2.24, 2.45) is 11.3 Å². The van der Waals surface area contributed by atoms with Gasteiger partial charge in [0.25, 0.3) is 5.97 Å². The summed E-state index contributed by atoms with van der Waals surface area (Å²) in [6, 6.07) is 0. The molecule has 3 nitrogen and oxygen atoms in total. The Balaban J connectivity index is 0. The number of carboxylic acids is 1. The third kappa shape index (κ3) is 11.4. The number of rotatable bonds is 4. The van der Waals surface area contributed by atoms with Gasteiger partial charge < -0.3 is 10.2 Å². The first-order valence-corrected chi connectivity index (χ1v) is 6.01. The van der Waals surface area contributed by atoms with Crippen LogP contribution >= 0.6 is 0 Å². The Labute approximate surface area is 106 Å². The number of allylic oxidation sites excluding steroid dienone is 2. The summed E-state index contributed by atoms with van der Waals surface area (Å²) in [5.41, 5.74) is 1.31. The molecule has 3 heteroatoms. The quantitative estimate of drug-likeness (QED) is 0.744. The van der Waals surface area contributed by atoms with Crippen LogP contribution in [0, 0.1) is 11.3 Å². The van der Waals surface area contributed by atoms with Gasteiger partial charge in [0.05, 0.1) is 6.10 Å². The predicted octanol–water partition coefficient (Wildman–Crippen LogP) is 3.48. The average Bonchev–Trinajstić information content (AvgIpc) is 2.12. The summed E-state index contributed by atoms with van der Waals surface area (Å²) in [7, 11) is 0. The first kappa shape index (κ1) is 18.5. The smallest absolute Gasteiger partial charge is 0.300 e. The van der Waals surface area contributed by atoms with E-state index >= 15 is 0 Å². The number of carboxylic acid groups (broad SMARTS) is 1. The lowest BCUT2D eigenvalue weighted by atomic mass is 9.78. The second kappa shape index (κ2) is 8.29. The number of aliphatic hydroxyl groups is 1. The summed E-state index contributed by atoms with van der Waals surface area (Å²) in [6.07, 6.45) is 2.93. The predicted molar refractivity (Wildman–Crippen MR) is 72.0 cm³/mol. The monoisotopic (exact) mass is 244 g/mol. The molecule has 0 radical (unpaired) electrons. The molecule has 102 valence electrons. The Hall–Kier alpha value is -0.830. The number of hydrogen-bond donors (Lipinski definition) is 2. The highest BCUT2D eigenvalue weighted by Crippen LogP contribution is 2.30. The van der Waals surface area contributed by atoms with Crippen LogP contribution in [0.3, 0.4) is 0 Å². The molecule has 0 aliphatic carbocycles. The number of carbonyl (C=O) groups is 1. The Bertz CT molecular complexity index is 244. The lowest BCUT2D eigenvalue weighted by molar-refractivity contribution is -0.134. The van der Waals surface area contributed by atoms with Crippen LogP contribution in [-0.2, 0) is 4.79 Å². The Morgan fingerprint density at radius 1 is 1.24 bits per heavy atom. The summed E-state index contributed by atoms with van der Waals surface area (Å²) < 4.78 is 0. The first-order chi connectivity index (χ1) is 7.50. The highest BCUT2D eigenvalue weighted by molar-refractivity contribution is 5.62. The van der Waals surface area contributed by atoms with Crippen LogP contribution in [0.25, 0.3) is 0 Å². The van der Waals surface area contributed by atoms with E-state index in [4.69, 9.17) is 9.90 Å². The van der Waals surface area contributed by atoms with Gasteiger partial charge >= 0.3 is 0 Å². The van der Waals surface area contributed by atoms with E-state index in [-0.39, 0.29) is 11.5 Å². The third-order valence-corrected chi connectivity index (χ3v) is 2.47. The SMILES string of the molecule is CC(=O)O.CC(C)=CCC(C)(C)C(O)C(C)C. The molecular weight excluding hydrogens is 216 g/mol. The van der Waals surface area contributed by atoms with Gasteiger partial charge in [0.2, 0.25) is 0 Å². The Kier molecular flexibility index (Phi) is 9.04. The van der Waals surface area contributed by atoms with Crippen molar-refractivity contribution in [1.29, 1.82) is 0 Å². The number of aliphatic hydroxyl groups excluding tert-OH is 1. The lowest BCUT2D eigenvalue weighted by Crippen LogP contribution is -2.33. The number of hydrogen-bond acceptors (Lipinski definition) is 2. The van der Waals surface area contributed by atoms with Crippen LogP contribution in [-0.4, -0.2) is 22.3 Å². The topological polar surface area (TPSA) is 57.5 Å². The van der Waals surface area contributed by atoms with Crippen molar-refractivity contribution < 1.29 is 15.0 Å². The molecule has 17 heavy (non-hydrogen) atoms. The summed E-state index contributed by atoms with van der Waals surface area (Å²) >= 11 is 0. The molecule has 0 heterocycles. The molecular formula is C14H28O3. The Morgan fingerprint density at radius 2 is 1.59 bits per heavy atom. The van der Waals surface area contributed by atoms with E-state index < -0.39 is 5.97 Å².